The average molecular weight is 291 g/mol. The lowest BCUT2D eigenvalue weighted by atomic mass is 10.2. The molecule has 114 valence electrons. The van der Waals surface area contributed by atoms with E-state index in [9.17, 15) is 4.79 Å². The molecule has 0 saturated heterocycles. The van der Waals surface area contributed by atoms with Gasteiger partial charge in [0.2, 0.25) is 5.91 Å². The molecule has 0 saturated carbocycles. The van der Waals surface area contributed by atoms with Gasteiger partial charge in [-0.05, 0) is 24.6 Å². The Hall–Kier alpha value is -2.15. The Bertz CT molecular complexity index is 547. The summed E-state index contributed by atoms with van der Waals surface area (Å²) >= 11 is 0. The van der Waals surface area contributed by atoms with Crippen LogP contribution in [0.2, 0.25) is 0 Å². The zero-order chi connectivity index (χ0) is 15.1. The lowest BCUT2D eigenvalue weighted by Gasteiger charge is -2.04. The first-order valence-corrected chi connectivity index (χ1v) is 7.02. The van der Waals surface area contributed by atoms with Crippen LogP contribution in [0.25, 0.3) is 0 Å². The Kier molecular flexibility index (Phi) is 5.51. The van der Waals surface area contributed by atoms with Gasteiger partial charge >= 0.3 is 0 Å². The molecule has 7 heteroatoms. The van der Waals surface area contributed by atoms with Crippen molar-refractivity contribution in [3.63, 3.8) is 0 Å². The molecular formula is C14H21N5O2. The average Bonchev–Trinajstić information content (AvgIpc) is 3.08. The molecule has 7 nitrogen and oxygen atoms in total. The van der Waals surface area contributed by atoms with E-state index in [1.165, 1.54) is 4.68 Å². The number of carbonyl (C=O) groups excluding carboxylic acids is 1. The summed E-state index contributed by atoms with van der Waals surface area (Å²) < 4.78 is 6.68. The summed E-state index contributed by atoms with van der Waals surface area (Å²) in [6.45, 7) is 6.41. The molecule has 21 heavy (non-hydrogen) atoms. The number of nitrogens with zero attached hydrogens (tertiary/aromatic N) is 3. The van der Waals surface area contributed by atoms with Crippen LogP contribution in [-0.2, 0) is 24.4 Å². The predicted octanol–water partition coefficient (Wildman–Crippen LogP) is 0.933. The maximum Gasteiger partial charge on any atom is 0.242 e. The van der Waals surface area contributed by atoms with Gasteiger partial charge in [0.05, 0.1) is 24.7 Å². The van der Waals surface area contributed by atoms with E-state index in [0.717, 1.165) is 18.0 Å². The molecule has 0 bridgehead atoms. The van der Waals surface area contributed by atoms with Gasteiger partial charge in [0.1, 0.15) is 12.3 Å². The summed E-state index contributed by atoms with van der Waals surface area (Å²) in [5.74, 6) is 1.19. The van der Waals surface area contributed by atoms with Crippen molar-refractivity contribution < 1.29 is 9.21 Å². The summed E-state index contributed by atoms with van der Waals surface area (Å²) in [5.41, 5.74) is 0.828. The standard InChI is InChI=1S/C14H21N5O2/c1-11(2)6-15-7-12-9-19(18-17-12)10-14(20)16-8-13-4-3-5-21-13/h3-5,9,11,15H,6-8,10H2,1-2H3,(H,16,20). The van der Waals surface area contributed by atoms with E-state index in [4.69, 9.17) is 4.42 Å². The number of aromatic nitrogens is 3. The first-order valence-electron chi connectivity index (χ1n) is 7.02. The SMILES string of the molecule is CC(C)CNCc1cn(CC(=O)NCc2ccco2)nn1. The second-order valence-electron chi connectivity index (χ2n) is 5.29. The van der Waals surface area contributed by atoms with Crippen molar-refractivity contribution in [3.05, 3.63) is 36.0 Å². The van der Waals surface area contributed by atoms with E-state index in [2.05, 4.69) is 34.8 Å². The highest BCUT2D eigenvalue weighted by Gasteiger charge is 2.06. The quantitative estimate of drug-likeness (QED) is 0.756. The van der Waals surface area contributed by atoms with Crippen molar-refractivity contribution in [2.75, 3.05) is 6.54 Å². The van der Waals surface area contributed by atoms with Crippen LogP contribution in [-0.4, -0.2) is 27.4 Å². The molecule has 2 heterocycles. The minimum atomic E-state index is -0.127. The van der Waals surface area contributed by atoms with E-state index in [1.807, 2.05) is 6.07 Å². The molecule has 2 aromatic rings. The van der Waals surface area contributed by atoms with Gasteiger partial charge in [-0.2, -0.15) is 0 Å². The van der Waals surface area contributed by atoms with Crippen molar-refractivity contribution in [1.82, 2.24) is 25.6 Å². The molecule has 0 aliphatic heterocycles. The fraction of sp³-hybridized carbons (Fsp3) is 0.500. The summed E-state index contributed by atoms with van der Waals surface area (Å²) in [6, 6.07) is 3.60. The van der Waals surface area contributed by atoms with E-state index >= 15 is 0 Å². The highest BCUT2D eigenvalue weighted by Crippen LogP contribution is 1.99. The fourth-order valence-electron chi connectivity index (χ4n) is 1.79. The monoisotopic (exact) mass is 291 g/mol. The van der Waals surface area contributed by atoms with E-state index < -0.39 is 0 Å². The molecule has 0 aliphatic rings. The van der Waals surface area contributed by atoms with Crippen LogP contribution in [0.3, 0.4) is 0 Å². The molecular weight excluding hydrogens is 270 g/mol. The summed E-state index contributed by atoms with van der Waals surface area (Å²) in [6.07, 6.45) is 3.36. The van der Waals surface area contributed by atoms with Crippen LogP contribution < -0.4 is 10.6 Å². The second-order valence-corrected chi connectivity index (χ2v) is 5.29. The van der Waals surface area contributed by atoms with Gasteiger partial charge in [-0.3, -0.25) is 4.79 Å². The Morgan fingerprint density at radius 3 is 3.00 bits per heavy atom. The van der Waals surface area contributed by atoms with Crippen LogP contribution in [0.5, 0.6) is 0 Å². The number of nitrogens with one attached hydrogen (secondary N) is 2. The minimum absolute atomic E-state index is 0.127. The third-order valence-electron chi connectivity index (χ3n) is 2.79. The van der Waals surface area contributed by atoms with Gasteiger partial charge in [-0.1, -0.05) is 19.1 Å². The fourth-order valence-corrected chi connectivity index (χ4v) is 1.79. The van der Waals surface area contributed by atoms with Crippen LogP contribution in [0.4, 0.5) is 0 Å². The van der Waals surface area contributed by atoms with E-state index in [0.29, 0.717) is 19.0 Å². The maximum atomic E-state index is 11.8. The van der Waals surface area contributed by atoms with E-state index in [1.54, 1.807) is 18.5 Å². The predicted molar refractivity (Wildman–Crippen MR) is 77.1 cm³/mol. The molecule has 0 spiro atoms. The molecule has 0 aliphatic carbocycles. The van der Waals surface area contributed by atoms with Crippen LogP contribution in [0.15, 0.2) is 29.0 Å². The third-order valence-corrected chi connectivity index (χ3v) is 2.79. The highest BCUT2D eigenvalue weighted by atomic mass is 16.3. The van der Waals surface area contributed by atoms with Gasteiger partial charge in [0.15, 0.2) is 0 Å². The van der Waals surface area contributed by atoms with Crippen molar-refractivity contribution in [1.29, 1.82) is 0 Å². The third kappa shape index (κ3) is 5.39. The molecule has 2 aromatic heterocycles. The van der Waals surface area contributed by atoms with E-state index in [-0.39, 0.29) is 12.5 Å². The maximum absolute atomic E-state index is 11.8. The Morgan fingerprint density at radius 1 is 1.43 bits per heavy atom. The van der Waals surface area contributed by atoms with Crippen molar-refractivity contribution in [3.8, 4) is 0 Å². The van der Waals surface area contributed by atoms with Gasteiger partial charge in [0, 0.05) is 6.54 Å². The largest absolute Gasteiger partial charge is 0.467 e. The van der Waals surface area contributed by atoms with Crippen LogP contribution in [0, 0.1) is 5.92 Å². The zero-order valence-electron chi connectivity index (χ0n) is 12.4. The molecule has 1 amide bonds. The Morgan fingerprint density at radius 2 is 2.29 bits per heavy atom. The second kappa shape index (κ2) is 7.58. The Balaban J connectivity index is 1.72. The Labute approximate surface area is 123 Å². The molecule has 2 N–H and O–H groups in total. The number of rotatable bonds is 8. The number of carbonyl (C=O) groups is 1. The molecule has 0 aromatic carbocycles. The minimum Gasteiger partial charge on any atom is -0.467 e. The molecule has 0 atom stereocenters. The topological polar surface area (TPSA) is 85.0 Å². The van der Waals surface area contributed by atoms with Gasteiger partial charge in [-0.15, -0.1) is 5.10 Å². The molecule has 0 unspecified atom stereocenters. The number of hydrogen-bond acceptors (Lipinski definition) is 5. The molecule has 2 rings (SSSR count). The van der Waals surface area contributed by atoms with Gasteiger partial charge < -0.3 is 15.1 Å². The number of furan rings is 1. The molecule has 0 fully saturated rings. The van der Waals surface area contributed by atoms with Crippen molar-refractivity contribution in [2.24, 2.45) is 5.92 Å². The summed E-state index contributed by atoms with van der Waals surface area (Å²) in [7, 11) is 0. The highest BCUT2D eigenvalue weighted by molar-refractivity contribution is 5.75. The zero-order valence-corrected chi connectivity index (χ0v) is 12.4. The number of hydrogen-bond donors (Lipinski definition) is 2. The first kappa shape index (κ1) is 15.2. The van der Waals surface area contributed by atoms with Crippen molar-refractivity contribution >= 4 is 5.91 Å². The lowest BCUT2D eigenvalue weighted by molar-refractivity contribution is -0.122. The smallest absolute Gasteiger partial charge is 0.242 e. The first-order chi connectivity index (χ1) is 10.1. The summed E-state index contributed by atoms with van der Waals surface area (Å²) in [5, 5.41) is 14.0. The van der Waals surface area contributed by atoms with Crippen LogP contribution in [0.1, 0.15) is 25.3 Å². The van der Waals surface area contributed by atoms with Crippen LogP contribution >= 0.6 is 0 Å². The normalized spacial score (nSPS) is 11.0. The van der Waals surface area contributed by atoms with Gasteiger partial charge in [-0.25, -0.2) is 4.68 Å². The van der Waals surface area contributed by atoms with Gasteiger partial charge in [0.25, 0.3) is 0 Å². The lowest BCUT2D eigenvalue weighted by Crippen LogP contribution is -2.27. The summed E-state index contributed by atoms with van der Waals surface area (Å²) in [4.78, 5) is 11.8. The molecule has 0 radical (unpaired) electrons. The van der Waals surface area contributed by atoms with Crippen molar-refractivity contribution in [2.45, 2.75) is 33.5 Å². The number of amides is 1.